The van der Waals surface area contributed by atoms with Crippen molar-refractivity contribution >= 4 is 11.1 Å². The van der Waals surface area contributed by atoms with Crippen LogP contribution in [0.5, 0.6) is 11.5 Å². The Hall–Kier alpha value is -3.34. The smallest absolute Gasteiger partial charge is 0.192 e. The first-order valence-corrected chi connectivity index (χ1v) is 12.2. The molecule has 2 aliphatic rings. The van der Waals surface area contributed by atoms with Crippen LogP contribution in [-0.2, 0) is 0 Å². The zero-order valence-corrected chi connectivity index (χ0v) is 22.1. The number of hydrogen-bond donors (Lipinski definition) is 0. The van der Waals surface area contributed by atoms with E-state index in [2.05, 4.69) is 45.9 Å². The topological polar surface area (TPSA) is 61.6 Å². The Morgan fingerprint density at radius 1 is 0.971 bits per heavy atom. The predicted octanol–water partition coefficient (Wildman–Crippen LogP) is 7.72. The lowest BCUT2D eigenvalue weighted by molar-refractivity contribution is 0.361. The molecule has 186 valence electrons. The third-order valence-corrected chi connectivity index (χ3v) is 6.18. The third-order valence-electron chi connectivity index (χ3n) is 6.18. The molecule has 1 aromatic rings. The largest absolute Gasteiger partial charge is 0.494 e. The standard InChI is InChI=1S/C30H37NO4/c1-19(2)10-8-11-20(3)12-9-13-21(4)16-17-34-24-14-15-25-26(18-24)35-30-23(6)28(32)22(5)29(33-7)27(30)31-25/h10,12,14-16,18H,8-9,11,13,17H2,1-7H3/b20-12+,21-16+. The summed E-state index contributed by atoms with van der Waals surface area (Å²) < 4.78 is 17.5. The summed E-state index contributed by atoms with van der Waals surface area (Å²) in [6, 6.07) is 5.56. The van der Waals surface area contributed by atoms with Crippen LogP contribution in [0.3, 0.4) is 0 Å². The molecule has 1 aliphatic heterocycles. The van der Waals surface area contributed by atoms with Crippen LogP contribution in [0.2, 0.25) is 0 Å². The van der Waals surface area contributed by atoms with E-state index in [-0.39, 0.29) is 5.43 Å². The third kappa shape index (κ3) is 6.62. The van der Waals surface area contributed by atoms with Gasteiger partial charge in [0.2, 0.25) is 0 Å². The molecule has 1 aliphatic carbocycles. The molecule has 1 aromatic carbocycles. The van der Waals surface area contributed by atoms with Gasteiger partial charge in [-0.2, -0.15) is 0 Å². The molecule has 0 unspecified atom stereocenters. The van der Waals surface area contributed by atoms with Crippen molar-refractivity contribution in [3.8, 4) is 23.0 Å². The van der Waals surface area contributed by atoms with Crippen LogP contribution in [0.25, 0.3) is 22.6 Å². The summed E-state index contributed by atoms with van der Waals surface area (Å²) in [6.07, 6.45) is 11.0. The van der Waals surface area contributed by atoms with Crippen molar-refractivity contribution in [2.45, 2.75) is 67.2 Å². The lowest BCUT2D eigenvalue weighted by Crippen LogP contribution is -2.14. The molecule has 1 heterocycles. The van der Waals surface area contributed by atoms with Crippen LogP contribution in [-0.4, -0.2) is 18.7 Å². The average Bonchev–Trinajstić information content (AvgIpc) is 2.82. The van der Waals surface area contributed by atoms with Crippen molar-refractivity contribution in [2.75, 3.05) is 13.7 Å². The average molecular weight is 476 g/mol. The van der Waals surface area contributed by atoms with Crippen molar-refractivity contribution in [3.05, 3.63) is 74.5 Å². The highest BCUT2D eigenvalue weighted by Crippen LogP contribution is 2.36. The van der Waals surface area contributed by atoms with Gasteiger partial charge in [-0.25, -0.2) is 4.98 Å². The second-order valence-electron chi connectivity index (χ2n) is 9.40. The molecule has 0 saturated carbocycles. The molecule has 5 nitrogen and oxygen atoms in total. The van der Waals surface area contributed by atoms with Crippen molar-refractivity contribution in [1.82, 2.24) is 4.98 Å². The molecule has 0 bridgehead atoms. The summed E-state index contributed by atoms with van der Waals surface area (Å²) >= 11 is 0. The summed E-state index contributed by atoms with van der Waals surface area (Å²) in [7, 11) is 1.54. The molecule has 0 amide bonds. The van der Waals surface area contributed by atoms with E-state index in [1.165, 1.54) is 23.8 Å². The number of hydrogen-bond acceptors (Lipinski definition) is 5. The van der Waals surface area contributed by atoms with E-state index in [0.29, 0.717) is 51.8 Å². The second kappa shape index (κ2) is 11.9. The van der Waals surface area contributed by atoms with Crippen molar-refractivity contribution < 1.29 is 13.9 Å². The maximum absolute atomic E-state index is 12.5. The minimum Gasteiger partial charge on any atom is -0.494 e. The number of rotatable bonds is 10. The fourth-order valence-electron chi connectivity index (χ4n) is 4.03. The monoisotopic (exact) mass is 475 g/mol. The molecule has 5 heteroatoms. The molecule has 0 atom stereocenters. The Labute approximate surface area is 208 Å². The zero-order valence-electron chi connectivity index (χ0n) is 22.1. The number of allylic oxidation sites excluding steroid dienone is 5. The van der Waals surface area contributed by atoms with Crippen LogP contribution in [0.4, 0.5) is 0 Å². The number of methoxy groups -OCH3 is 1. The van der Waals surface area contributed by atoms with Crippen LogP contribution < -0.4 is 14.9 Å². The molecule has 0 spiro atoms. The maximum Gasteiger partial charge on any atom is 0.192 e. The van der Waals surface area contributed by atoms with E-state index in [0.717, 1.165) is 25.7 Å². The number of aromatic nitrogens is 1. The second-order valence-corrected chi connectivity index (χ2v) is 9.40. The van der Waals surface area contributed by atoms with Gasteiger partial charge in [0.25, 0.3) is 0 Å². The van der Waals surface area contributed by atoms with Gasteiger partial charge in [0.05, 0.1) is 7.11 Å². The lowest BCUT2D eigenvalue weighted by Gasteiger charge is -2.15. The Morgan fingerprint density at radius 3 is 2.34 bits per heavy atom. The van der Waals surface area contributed by atoms with E-state index in [9.17, 15) is 4.79 Å². The van der Waals surface area contributed by atoms with Gasteiger partial charge in [-0.05, 0) is 85.4 Å². The maximum atomic E-state index is 12.5. The fourth-order valence-corrected chi connectivity index (χ4v) is 4.03. The quantitative estimate of drug-likeness (QED) is 0.222. The van der Waals surface area contributed by atoms with Crippen molar-refractivity contribution in [2.24, 2.45) is 0 Å². The first kappa shape index (κ1) is 26.3. The molecule has 35 heavy (non-hydrogen) atoms. The minimum atomic E-state index is -0.0924. The number of nitrogens with zero attached hydrogens (tertiary/aromatic N) is 1. The Morgan fingerprint density at radius 2 is 1.66 bits per heavy atom. The molecule has 0 radical (unpaired) electrons. The van der Waals surface area contributed by atoms with E-state index >= 15 is 0 Å². The summed E-state index contributed by atoms with van der Waals surface area (Å²) in [5.41, 5.74) is 6.90. The van der Waals surface area contributed by atoms with Gasteiger partial charge in [-0.15, -0.1) is 0 Å². The van der Waals surface area contributed by atoms with E-state index in [4.69, 9.17) is 18.9 Å². The van der Waals surface area contributed by atoms with Gasteiger partial charge in [-0.3, -0.25) is 4.79 Å². The molecule has 0 N–H and O–H groups in total. The molecule has 0 saturated heterocycles. The first-order valence-electron chi connectivity index (χ1n) is 12.2. The Kier molecular flexibility index (Phi) is 8.91. The van der Waals surface area contributed by atoms with E-state index in [1.807, 2.05) is 18.2 Å². The fraction of sp³-hybridized carbons (Fsp3) is 0.400. The Bertz CT molecular complexity index is 1310. The first-order chi connectivity index (χ1) is 16.7. The minimum absolute atomic E-state index is 0.0924. The normalized spacial score (nSPS) is 12.3. The lowest BCUT2D eigenvalue weighted by atomic mass is 10.0. The van der Waals surface area contributed by atoms with Gasteiger partial charge in [0, 0.05) is 17.2 Å². The molecule has 0 fully saturated rings. The highest BCUT2D eigenvalue weighted by Gasteiger charge is 2.23. The van der Waals surface area contributed by atoms with Crippen molar-refractivity contribution in [3.63, 3.8) is 0 Å². The molecule has 0 aromatic heterocycles. The SMILES string of the molecule is COc1c2nc3ccc(OC/C=C(\C)CC/C=C(\C)CCC=C(C)C)cc3oc-2c(C)c(=O)c1C. The number of fused-ring (bicyclic) bond motifs is 2. The van der Waals surface area contributed by atoms with Gasteiger partial charge in [0.1, 0.15) is 23.6 Å². The Balaban J connectivity index is 1.66. The summed E-state index contributed by atoms with van der Waals surface area (Å²) in [5, 5.41) is 0. The number of benzene rings is 2. The highest BCUT2D eigenvalue weighted by molar-refractivity contribution is 5.81. The zero-order chi connectivity index (χ0) is 25.5. The van der Waals surface area contributed by atoms with Gasteiger partial charge in [0.15, 0.2) is 22.5 Å². The van der Waals surface area contributed by atoms with Crippen LogP contribution >= 0.6 is 0 Å². The van der Waals surface area contributed by atoms with E-state index in [1.54, 1.807) is 13.8 Å². The van der Waals surface area contributed by atoms with Gasteiger partial charge < -0.3 is 13.9 Å². The highest BCUT2D eigenvalue weighted by atomic mass is 16.5. The van der Waals surface area contributed by atoms with Crippen LogP contribution in [0.1, 0.15) is 64.5 Å². The van der Waals surface area contributed by atoms with Crippen LogP contribution in [0, 0.1) is 13.8 Å². The van der Waals surface area contributed by atoms with Crippen LogP contribution in [0.15, 0.2) is 62.4 Å². The van der Waals surface area contributed by atoms with Crippen molar-refractivity contribution in [1.29, 1.82) is 0 Å². The number of ether oxygens (including phenoxy) is 2. The van der Waals surface area contributed by atoms with Gasteiger partial charge in [-0.1, -0.05) is 28.9 Å². The predicted molar refractivity (Wildman–Crippen MR) is 144 cm³/mol. The summed E-state index contributed by atoms with van der Waals surface area (Å²) in [4.78, 5) is 17.3. The van der Waals surface area contributed by atoms with Gasteiger partial charge >= 0.3 is 0 Å². The molecular formula is C30H37NO4. The molecular weight excluding hydrogens is 438 g/mol. The summed E-state index contributed by atoms with van der Waals surface area (Å²) in [5.74, 6) is 1.60. The van der Waals surface area contributed by atoms with E-state index < -0.39 is 0 Å². The summed E-state index contributed by atoms with van der Waals surface area (Å²) in [6.45, 7) is 12.6. The molecule has 3 rings (SSSR count).